The van der Waals surface area contributed by atoms with Crippen LogP contribution in [0.15, 0.2) is 346 Å². The number of hydrogen-bond acceptors (Lipinski definition) is 10. The van der Waals surface area contributed by atoms with Crippen molar-refractivity contribution >= 4 is 44.5 Å². The van der Waals surface area contributed by atoms with E-state index in [9.17, 15) is 28.2 Å². The van der Waals surface area contributed by atoms with Crippen LogP contribution in [0.5, 0.6) is 11.5 Å². The summed E-state index contributed by atoms with van der Waals surface area (Å²) >= 11 is 0. The summed E-state index contributed by atoms with van der Waals surface area (Å²) < 4.78 is 39.8. The molecule has 0 saturated heterocycles. The van der Waals surface area contributed by atoms with Crippen molar-refractivity contribution in [1.82, 2.24) is 24.9 Å². The van der Waals surface area contributed by atoms with Crippen LogP contribution in [0, 0.1) is 25.1 Å². The van der Waals surface area contributed by atoms with Crippen molar-refractivity contribution in [1.29, 1.82) is 0 Å². The first-order chi connectivity index (χ1) is 55.8. The van der Waals surface area contributed by atoms with E-state index in [1.54, 1.807) is 30.3 Å². The molecule has 10 aromatic carbocycles. The molecule has 17 heteroatoms. The molecule has 6 aromatic heterocycles. The third kappa shape index (κ3) is 24.8. The molecule has 0 atom stereocenters. The Kier molecular flexibility index (Phi) is 33.6. The molecule has 120 heavy (non-hydrogen) atoms. The first kappa shape index (κ1) is 93.5. The second-order valence-electron chi connectivity index (χ2n) is 29.8. The van der Waals surface area contributed by atoms with Gasteiger partial charge in [-0.3, -0.25) is 9.78 Å². The van der Waals surface area contributed by atoms with Crippen molar-refractivity contribution in [3.63, 3.8) is 0 Å². The first-order valence-electron chi connectivity index (χ1n) is 38.0. The van der Waals surface area contributed by atoms with Gasteiger partial charge in [0.25, 0.3) is 0 Å². The second-order valence-corrected chi connectivity index (χ2v) is 29.8. The third-order valence-corrected chi connectivity index (χ3v) is 18.9. The van der Waals surface area contributed by atoms with Gasteiger partial charge in [0.2, 0.25) is 5.69 Å². The second kappa shape index (κ2) is 43.1. The van der Waals surface area contributed by atoms with Gasteiger partial charge in [0.15, 0.2) is 18.5 Å². The summed E-state index contributed by atoms with van der Waals surface area (Å²) in [5.41, 5.74) is 20.2. The number of aromatic hydroxyl groups is 2. The molecular weight excluding hydrogens is 2040 g/mol. The molecule has 17 rings (SSSR count). The van der Waals surface area contributed by atoms with Gasteiger partial charge in [-0.05, 0) is 178 Å². The normalized spacial score (nSPS) is 11.1. The summed E-state index contributed by atoms with van der Waals surface area (Å²) in [5.74, 6) is 0.323. The Bertz CT molecular complexity index is 5900. The Morgan fingerprint density at radius 3 is 1.48 bits per heavy atom. The van der Waals surface area contributed by atoms with Crippen LogP contribution in [0.25, 0.3) is 101 Å². The number of carbonyl (C=O) groups excluding carboxylic acids is 1. The Morgan fingerprint density at radius 1 is 0.467 bits per heavy atom. The van der Waals surface area contributed by atoms with Gasteiger partial charge in [-0.25, -0.2) is 9.97 Å². The Morgan fingerprint density at radius 2 is 0.967 bits per heavy atom. The maximum atomic E-state index is 12.5. The van der Waals surface area contributed by atoms with Crippen LogP contribution in [0.2, 0.25) is 0 Å². The summed E-state index contributed by atoms with van der Waals surface area (Å²) in [5, 5.41) is 32.8. The zero-order valence-corrected chi connectivity index (χ0v) is 74.1. The minimum atomic E-state index is -4.34. The number of phenols is 2. The number of benzene rings is 10. The van der Waals surface area contributed by atoms with E-state index < -0.39 is 11.7 Å². The van der Waals surface area contributed by atoms with Crippen molar-refractivity contribution < 1.29 is 99.1 Å². The van der Waals surface area contributed by atoms with Crippen molar-refractivity contribution in [3.8, 4) is 90.4 Å². The number of nitrogens with zero attached hydrogens (tertiary/aromatic N) is 7. The number of aliphatic hydroxyl groups is 1. The number of aryl methyl sites for hydroxylation is 1. The standard InChI is InChI=1S/C30H32N2O2.C24H19N2.C16H9F3N.C15H10N.C12H10N.C5H8O2.CH4.2Ir.Pt/c1-29(2,3)19-15-23(21-11-7-9-13-27(21)33)31-25(17-19)26-18-20(30(4,5)6)16-24(32-26)22-12-8-10-14-28(22)34;1-3-10-20(11-4-1)26(21-12-5-2-6-13-21)22-15-16-25-18-19-9-7-8-14-23(19)24(25)17-22;17-16(18,19)13-8-5-12(6-9-13)15-10-7-11-3-1-2-4-14(11)20-15;1-2-7-13(8-3-1)15-14-9-5-4-6-12(14)10-11-16-15;1-10-7-8-12(13-9-10)11-5-3-2-4-6-11;1-4(6)3-5(2)7;;;;/h7-18,33-34H,1-6H3;1-17H,18H2;1-5,7-10H;1-7,9-11H;2-5,7-9H,1H3;3,6H,1-2H3;1H4;;;/q;+1;3*-1;;;;;. The number of carbonyl (C=O) groups is 1. The van der Waals surface area contributed by atoms with Crippen LogP contribution in [-0.4, -0.2) is 46.0 Å². The molecular formula is C103H92F3Ir2N7O4Pt-2. The molecule has 2 radical (unpaired) electrons. The molecule has 0 unspecified atom stereocenters. The zero-order valence-electron chi connectivity index (χ0n) is 67.0. The number of anilines is 3. The molecule has 614 valence electrons. The quantitative estimate of drug-likeness (QED) is 0.0523. The fraction of sp³-hybridized carbons (Fsp3) is 0.136. The molecule has 1 aliphatic heterocycles. The zero-order chi connectivity index (χ0) is 81.9. The number of alkyl halides is 3. The number of para-hydroxylation sites is 5. The molecule has 0 bridgehead atoms. The molecule has 0 saturated carbocycles. The van der Waals surface area contributed by atoms with Gasteiger partial charge in [0.1, 0.15) is 11.5 Å². The minimum Gasteiger partial charge on any atom is -0.512 e. The fourth-order valence-electron chi connectivity index (χ4n) is 12.9. The maximum absolute atomic E-state index is 12.5. The number of aliphatic hydroxyl groups excluding tert-OH is 1. The average molecular weight is 2130 g/mol. The Hall–Kier alpha value is -12.0. The predicted octanol–water partition coefficient (Wildman–Crippen LogP) is 25.9. The summed E-state index contributed by atoms with van der Waals surface area (Å²) in [6.45, 7) is 18.8. The minimum absolute atomic E-state index is 0. The van der Waals surface area contributed by atoms with Crippen molar-refractivity contribution in [2.45, 2.75) is 93.3 Å². The summed E-state index contributed by atoms with van der Waals surface area (Å²) in [7, 11) is 0. The number of fused-ring (bicyclic) bond motifs is 5. The SMILES string of the molecule is C.CC(=O)C=C(C)O.CC(C)(C)c1cc(-c2cc(C(C)(C)C)cc(-c3ccccc3O)n2)nc(-c2ccccc2O)c1.Cc1ccc(-c2[c-]cccc2)nc1.FC(F)(F)c1c[c-]c(-c2ccc3ccccc3n2)cc1.[Ir].[Ir].[Pt].[c-]1ccccc1-c1nccc2ccccc12.c1ccc(N(c2ccccc2)c2cc[n+]3c(c2)-c2ccccc2C3)cc1. The third-order valence-electron chi connectivity index (χ3n) is 18.9. The maximum Gasteiger partial charge on any atom is 0.381 e. The number of ketones is 1. The van der Waals surface area contributed by atoms with Gasteiger partial charge in [-0.2, -0.15) is 17.7 Å². The number of halogens is 3. The van der Waals surface area contributed by atoms with E-state index in [-0.39, 0.29) is 103 Å². The van der Waals surface area contributed by atoms with E-state index in [0.717, 1.165) is 86.0 Å². The summed E-state index contributed by atoms with van der Waals surface area (Å²) in [6.07, 6.45) is 2.74. The van der Waals surface area contributed by atoms with Gasteiger partial charge in [0.05, 0.1) is 45.3 Å². The van der Waals surface area contributed by atoms with Crippen LogP contribution in [0.3, 0.4) is 0 Å². The molecule has 16 aromatic rings. The van der Waals surface area contributed by atoms with Gasteiger partial charge in [-0.1, -0.05) is 195 Å². The largest absolute Gasteiger partial charge is 0.512 e. The average Bonchev–Trinajstić information content (AvgIpc) is 1.51. The smallest absolute Gasteiger partial charge is 0.381 e. The van der Waals surface area contributed by atoms with E-state index in [1.807, 2.05) is 159 Å². The Labute approximate surface area is 743 Å². The van der Waals surface area contributed by atoms with Gasteiger partial charge < -0.3 is 30.2 Å². The number of rotatable bonds is 10. The number of allylic oxidation sites excluding steroid dienone is 2. The van der Waals surface area contributed by atoms with Crippen LogP contribution in [-0.2, 0) is 89.6 Å². The van der Waals surface area contributed by atoms with Crippen LogP contribution >= 0.6 is 0 Å². The van der Waals surface area contributed by atoms with E-state index in [1.165, 1.54) is 64.8 Å². The molecule has 0 spiro atoms. The van der Waals surface area contributed by atoms with Gasteiger partial charge in [-0.15, -0.1) is 102 Å². The predicted molar refractivity (Wildman–Crippen MR) is 469 cm³/mol. The fourth-order valence-corrected chi connectivity index (χ4v) is 12.9. The number of phenolic OH excluding ortho intramolecular Hbond substituents is 2. The molecule has 0 aliphatic carbocycles. The summed E-state index contributed by atoms with van der Waals surface area (Å²) in [4.78, 5) is 35.4. The summed E-state index contributed by atoms with van der Waals surface area (Å²) in [6, 6.07) is 111. The monoisotopic (exact) mass is 2130 g/mol. The Balaban J connectivity index is 0.000000187. The van der Waals surface area contributed by atoms with Crippen molar-refractivity contribution in [2.24, 2.45) is 0 Å². The topological polar surface area (TPSA) is 149 Å². The number of pyridine rings is 6. The number of aromatic nitrogens is 6. The van der Waals surface area contributed by atoms with E-state index in [0.29, 0.717) is 33.8 Å². The molecule has 7 heterocycles. The molecule has 1 aliphatic rings. The molecule has 0 amide bonds. The van der Waals surface area contributed by atoms with Gasteiger partial charge >= 0.3 is 6.18 Å². The van der Waals surface area contributed by atoms with Gasteiger partial charge in [0, 0.05) is 120 Å². The molecule has 3 N–H and O–H groups in total. The van der Waals surface area contributed by atoms with Crippen LogP contribution in [0.4, 0.5) is 30.2 Å². The first-order valence-corrected chi connectivity index (χ1v) is 38.0. The molecule has 0 fully saturated rings. The van der Waals surface area contributed by atoms with E-state index in [4.69, 9.17) is 15.1 Å². The molecule has 11 nitrogen and oxygen atoms in total. The van der Waals surface area contributed by atoms with Crippen LogP contribution in [0.1, 0.15) is 90.6 Å². The van der Waals surface area contributed by atoms with E-state index in [2.05, 4.69) is 218 Å². The van der Waals surface area contributed by atoms with E-state index >= 15 is 0 Å². The van der Waals surface area contributed by atoms with Crippen molar-refractivity contribution in [3.05, 3.63) is 392 Å². The van der Waals surface area contributed by atoms with Crippen molar-refractivity contribution in [2.75, 3.05) is 4.90 Å². The number of hydrogen-bond donors (Lipinski definition) is 3. The van der Waals surface area contributed by atoms with Crippen LogP contribution < -0.4 is 9.47 Å².